The van der Waals surface area contributed by atoms with E-state index < -0.39 is 0 Å². The number of hydrogen-bond donors (Lipinski definition) is 1. The third-order valence-electron chi connectivity index (χ3n) is 2.18. The monoisotopic (exact) mass is 205 g/mol. The van der Waals surface area contributed by atoms with Gasteiger partial charge in [0.05, 0.1) is 0 Å². The van der Waals surface area contributed by atoms with Crippen molar-refractivity contribution in [1.82, 2.24) is 0 Å². The molecule has 84 valence electrons. The van der Waals surface area contributed by atoms with Crippen LogP contribution < -0.4 is 5.73 Å². The van der Waals surface area contributed by atoms with Crippen LogP contribution in [-0.4, -0.2) is 6.54 Å². The summed E-state index contributed by atoms with van der Waals surface area (Å²) in [6, 6.07) is 8.49. The molecule has 0 saturated heterocycles. The highest BCUT2D eigenvalue weighted by Crippen LogP contribution is 2.15. The standard InChI is InChI=1S/C11H14.C3H9N/c1-4-10(3)11-7-5-9(2)6-8-11;1-2-3-4/h5-8H,3-4H2,1-2H3;2-4H2,1H3. The first kappa shape index (κ1) is 13.9. The fourth-order valence-electron chi connectivity index (χ4n) is 0.993. The first-order valence-corrected chi connectivity index (χ1v) is 5.60. The summed E-state index contributed by atoms with van der Waals surface area (Å²) in [4.78, 5) is 0. The zero-order chi connectivity index (χ0) is 11.7. The number of nitrogens with two attached hydrogens (primary N) is 1. The van der Waals surface area contributed by atoms with Crippen LogP contribution in [0.3, 0.4) is 0 Å². The molecule has 1 rings (SSSR count). The lowest BCUT2D eigenvalue weighted by molar-refractivity contribution is 0.932. The van der Waals surface area contributed by atoms with Crippen molar-refractivity contribution >= 4 is 5.57 Å². The normalized spacial score (nSPS) is 9.07. The molecule has 1 aromatic carbocycles. The van der Waals surface area contributed by atoms with Crippen LogP contribution in [0.15, 0.2) is 30.8 Å². The van der Waals surface area contributed by atoms with E-state index >= 15 is 0 Å². The van der Waals surface area contributed by atoms with Gasteiger partial charge in [-0.2, -0.15) is 0 Å². The smallest absolute Gasteiger partial charge is 0.00799 e. The summed E-state index contributed by atoms with van der Waals surface area (Å²) in [6.45, 7) is 11.1. The molecule has 0 aromatic heterocycles. The SMILES string of the molecule is C=C(CC)c1ccc(C)cc1.CCCN. The Hall–Kier alpha value is -1.08. The van der Waals surface area contributed by atoms with Crippen LogP contribution in [-0.2, 0) is 0 Å². The Morgan fingerprint density at radius 1 is 1.20 bits per heavy atom. The summed E-state index contributed by atoms with van der Waals surface area (Å²) in [6.07, 6.45) is 2.13. The van der Waals surface area contributed by atoms with Crippen molar-refractivity contribution < 1.29 is 0 Å². The van der Waals surface area contributed by atoms with Gasteiger partial charge in [-0.15, -0.1) is 0 Å². The van der Waals surface area contributed by atoms with Crippen LogP contribution in [0.25, 0.3) is 5.57 Å². The van der Waals surface area contributed by atoms with Crippen LogP contribution >= 0.6 is 0 Å². The second-order valence-corrected chi connectivity index (χ2v) is 3.61. The molecule has 0 spiro atoms. The van der Waals surface area contributed by atoms with Gasteiger partial charge in [0.15, 0.2) is 0 Å². The first-order valence-electron chi connectivity index (χ1n) is 5.60. The Labute approximate surface area is 94.0 Å². The van der Waals surface area contributed by atoms with E-state index in [0.717, 1.165) is 19.4 Å². The van der Waals surface area contributed by atoms with Gasteiger partial charge in [0.25, 0.3) is 0 Å². The lowest BCUT2D eigenvalue weighted by Gasteiger charge is -2.01. The van der Waals surface area contributed by atoms with E-state index in [1.54, 1.807) is 0 Å². The maximum Gasteiger partial charge on any atom is -0.00799 e. The van der Waals surface area contributed by atoms with Gasteiger partial charge in [-0.1, -0.05) is 50.3 Å². The molecule has 0 radical (unpaired) electrons. The van der Waals surface area contributed by atoms with Crippen molar-refractivity contribution in [2.75, 3.05) is 6.54 Å². The lowest BCUT2D eigenvalue weighted by atomic mass is 10.0. The maximum absolute atomic E-state index is 5.03. The van der Waals surface area contributed by atoms with Gasteiger partial charge in [0.1, 0.15) is 0 Å². The van der Waals surface area contributed by atoms with Crippen LogP contribution in [0.1, 0.15) is 37.8 Å². The van der Waals surface area contributed by atoms with Gasteiger partial charge < -0.3 is 5.73 Å². The fraction of sp³-hybridized carbons (Fsp3) is 0.429. The molecule has 0 saturated carbocycles. The van der Waals surface area contributed by atoms with Gasteiger partial charge >= 0.3 is 0 Å². The molecular weight excluding hydrogens is 182 g/mol. The molecule has 0 unspecified atom stereocenters. The molecule has 2 N–H and O–H groups in total. The van der Waals surface area contributed by atoms with Crippen molar-refractivity contribution in [1.29, 1.82) is 0 Å². The van der Waals surface area contributed by atoms with Crippen molar-refractivity contribution in [3.63, 3.8) is 0 Å². The Morgan fingerprint density at radius 2 is 1.67 bits per heavy atom. The Bertz CT molecular complexity index is 270. The van der Waals surface area contributed by atoms with E-state index in [9.17, 15) is 0 Å². The molecule has 0 aliphatic carbocycles. The van der Waals surface area contributed by atoms with Crippen LogP contribution in [0, 0.1) is 6.92 Å². The predicted octanol–water partition coefficient (Wildman–Crippen LogP) is 3.77. The highest BCUT2D eigenvalue weighted by Gasteiger charge is 1.93. The van der Waals surface area contributed by atoms with Gasteiger partial charge in [-0.05, 0) is 37.4 Å². The quantitative estimate of drug-likeness (QED) is 0.798. The molecule has 15 heavy (non-hydrogen) atoms. The van der Waals surface area contributed by atoms with E-state index in [4.69, 9.17) is 5.73 Å². The number of benzene rings is 1. The molecule has 0 aliphatic rings. The number of rotatable bonds is 3. The highest BCUT2D eigenvalue weighted by atomic mass is 14.5. The number of hydrogen-bond acceptors (Lipinski definition) is 1. The van der Waals surface area contributed by atoms with Gasteiger partial charge in [0.2, 0.25) is 0 Å². The Morgan fingerprint density at radius 3 is 2.00 bits per heavy atom. The van der Waals surface area contributed by atoms with Crippen LogP contribution in [0.5, 0.6) is 0 Å². The third-order valence-corrected chi connectivity index (χ3v) is 2.18. The van der Waals surface area contributed by atoms with Crippen molar-refractivity contribution in [3.8, 4) is 0 Å². The summed E-state index contributed by atoms with van der Waals surface area (Å²) in [5.41, 5.74) is 8.81. The largest absolute Gasteiger partial charge is 0.330 e. The second kappa shape index (κ2) is 8.25. The zero-order valence-corrected chi connectivity index (χ0v) is 10.2. The number of allylic oxidation sites excluding steroid dienone is 1. The minimum Gasteiger partial charge on any atom is -0.330 e. The second-order valence-electron chi connectivity index (χ2n) is 3.61. The van der Waals surface area contributed by atoms with E-state index in [1.807, 2.05) is 0 Å². The summed E-state index contributed by atoms with van der Waals surface area (Å²) in [7, 11) is 0. The molecule has 1 aromatic rings. The first-order chi connectivity index (χ1) is 7.15. The summed E-state index contributed by atoms with van der Waals surface area (Å²) >= 11 is 0. The third kappa shape index (κ3) is 6.08. The van der Waals surface area contributed by atoms with Gasteiger partial charge in [-0.25, -0.2) is 0 Å². The Balaban J connectivity index is 0.000000423. The van der Waals surface area contributed by atoms with Crippen molar-refractivity contribution in [3.05, 3.63) is 42.0 Å². The summed E-state index contributed by atoms with van der Waals surface area (Å²) in [5, 5.41) is 0. The molecule has 0 heterocycles. The Kier molecular flexibility index (Phi) is 7.65. The van der Waals surface area contributed by atoms with E-state index in [2.05, 4.69) is 51.6 Å². The predicted molar refractivity (Wildman–Crippen MR) is 69.8 cm³/mol. The fourth-order valence-corrected chi connectivity index (χ4v) is 0.993. The van der Waals surface area contributed by atoms with E-state index in [1.165, 1.54) is 16.7 Å². The summed E-state index contributed by atoms with van der Waals surface area (Å²) in [5.74, 6) is 0. The molecule has 0 aliphatic heterocycles. The molecule has 0 atom stereocenters. The van der Waals surface area contributed by atoms with Crippen molar-refractivity contribution in [2.45, 2.75) is 33.6 Å². The van der Waals surface area contributed by atoms with Gasteiger partial charge in [0, 0.05) is 0 Å². The minimum atomic E-state index is 0.819. The van der Waals surface area contributed by atoms with E-state index in [-0.39, 0.29) is 0 Å². The molecular formula is C14H23N. The average Bonchev–Trinajstić information content (AvgIpc) is 2.29. The van der Waals surface area contributed by atoms with E-state index in [0.29, 0.717) is 0 Å². The maximum atomic E-state index is 5.03. The van der Waals surface area contributed by atoms with Crippen molar-refractivity contribution in [2.24, 2.45) is 5.73 Å². The highest BCUT2D eigenvalue weighted by molar-refractivity contribution is 5.62. The molecule has 1 nitrogen and oxygen atoms in total. The van der Waals surface area contributed by atoms with Gasteiger partial charge in [-0.3, -0.25) is 0 Å². The summed E-state index contributed by atoms with van der Waals surface area (Å²) < 4.78 is 0. The minimum absolute atomic E-state index is 0.819. The van der Waals surface area contributed by atoms with Crippen LogP contribution in [0.2, 0.25) is 0 Å². The average molecular weight is 205 g/mol. The van der Waals surface area contributed by atoms with Crippen LogP contribution in [0.4, 0.5) is 0 Å². The molecule has 0 bridgehead atoms. The topological polar surface area (TPSA) is 26.0 Å². The molecule has 0 fully saturated rings. The molecule has 1 heteroatoms. The zero-order valence-electron chi connectivity index (χ0n) is 10.2. The lowest BCUT2D eigenvalue weighted by Crippen LogP contribution is -1.93. The number of aryl methyl sites for hydroxylation is 1. The molecule has 0 amide bonds.